The Morgan fingerprint density at radius 3 is 2.57 bits per heavy atom. The molecule has 1 saturated heterocycles. The number of anilines is 2. The summed E-state index contributed by atoms with van der Waals surface area (Å²) in [5, 5.41) is 7.97. The molecular weight excluding hydrogens is 444 g/mol. The van der Waals surface area contributed by atoms with Crippen molar-refractivity contribution in [3.05, 3.63) is 42.4 Å². The summed E-state index contributed by atoms with van der Waals surface area (Å²) in [4.78, 5) is 29.9. The minimum Gasteiger partial charge on any atom is -0.479 e. The molecule has 0 radical (unpaired) electrons. The second-order valence-electron chi connectivity index (χ2n) is 9.57. The molecule has 0 bridgehead atoms. The molecule has 0 aromatic carbocycles. The Hall–Kier alpha value is -3.33. The third kappa shape index (κ3) is 6.03. The zero-order chi connectivity index (χ0) is 24.0. The quantitative estimate of drug-likeness (QED) is 0.453. The van der Waals surface area contributed by atoms with Crippen molar-refractivity contribution in [1.82, 2.24) is 19.9 Å². The minimum atomic E-state index is 0.225. The van der Waals surface area contributed by atoms with Crippen molar-refractivity contribution in [2.24, 2.45) is 11.8 Å². The summed E-state index contributed by atoms with van der Waals surface area (Å²) in [7, 11) is 1.62. The number of aromatic nitrogens is 4. The molecule has 2 aliphatic rings. The van der Waals surface area contributed by atoms with Crippen LogP contribution in [0.1, 0.15) is 37.7 Å². The molecule has 184 valence electrons. The van der Waals surface area contributed by atoms with Gasteiger partial charge in [-0.25, -0.2) is 19.9 Å². The maximum atomic E-state index is 12.1. The highest BCUT2D eigenvalue weighted by Crippen LogP contribution is 2.28. The van der Waals surface area contributed by atoms with Gasteiger partial charge in [-0.05, 0) is 55.4 Å². The van der Waals surface area contributed by atoms with Crippen molar-refractivity contribution in [3.8, 4) is 5.88 Å². The van der Waals surface area contributed by atoms with Gasteiger partial charge in [-0.3, -0.25) is 4.79 Å². The number of pyridine rings is 2. The van der Waals surface area contributed by atoms with Crippen molar-refractivity contribution in [2.75, 3.05) is 37.5 Å². The van der Waals surface area contributed by atoms with Crippen LogP contribution in [0, 0.1) is 11.8 Å². The van der Waals surface area contributed by atoms with Gasteiger partial charge >= 0.3 is 0 Å². The predicted octanol–water partition coefficient (Wildman–Crippen LogP) is 3.66. The third-order valence-electron chi connectivity index (χ3n) is 6.85. The topological polar surface area (TPSA) is 111 Å². The lowest BCUT2D eigenvalue weighted by Crippen LogP contribution is -2.30. The van der Waals surface area contributed by atoms with Gasteiger partial charge in [-0.15, -0.1) is 0 Å². The maximum Gasteiger partial charge on any atom is 0.240 e. The van der Waals surface area contributed by atoms with Crippen LogP contribution in [0.2, 0.25) is 0 Å². The van der Waals surface area contributed by atoms with Crippen LogP contribution in [0.5, 0.6) is 5.88 Å². The highest BCUT2D eigenvalue weighted by molar-refractivity contribution is 5.84. The van der Waals surface area contributed by atoms with Crippen LogP contribution >= 0.6 is 0 Å². The van der Waals surface area contributed by atoms with E-state index in [4.69, 9.17) is 14.5 Å². The Balaban J connectivity index is 1.05. The lowest BCUT2D eigenvalue weighted by Gasteiger charge is -2.29. The molecule has 0 unspecified atom stereocenters. The molecule has 0 spiro atoms. The number of rotatable bonds is 10. The van der Waals surface area contributed by atoms with Crippen LogP contribution in [0.4, 0.5) is 11.8 Å². The highest BCUT2D eigenvalue weighted by atomic mass is 16.5. The summed E-state index contributed by atoms with van der Waals surface area (Å²) < 4.78 is 10.5. The first-order valence-electron chi connectivity index (χ1n) is 12.4. The van der Waals surface area contributed by atoms with Gasteiger partial charge in [0.1, 0.15) is 17.1 Å². The predicted molar refractivity (Wildman–Crippen MR) is 134 cm³/mol. The SMILES string of the molecule is COc1nccc2ccc(NC3CCC(CNc4ncc(CC(=O)CC5COC5)cn4)CC3)nc12. The van der Waals surface area contributed by atoms with Gasteiger partial charge in [0.2, 0.25) is 11.8 Å². The Labute approximate surface area is 205 Å². The van der Waals surface area contributed by atoms with E-state index in [1.807, 2.05) is 12.1 Å². The number of nitrogens with zero attached hydrogens (tertiary/aromatic N) is 4. The maximum absolute atomic E-state index is 12.1. The molecule has 1 saturated carbocycles. The molecule has 0 amide bonds. The molecule has 3 aromatic rings. The molecule has 1 aliphatic carbocycles. The second kappa shape index (κ2) is 10.9. The minimum absolute atomic E-state index is 0.225. The number of methoxy groups -OCH3 is 1. The van der Waals surface area contributed by atoms with Gasteiger partial charge in [0.25, 0.3) is 0 Å². The van der Waals surface area contributed by atoms with Crippen molar-refractivity contribution in [2.45, 2.75) is 44.6 Å². The van der Waals surface area contributed by atoms with Gasteiger partial charge < -0.3 is 20.1 Å². The molecule has 9 heteroatoms. The first kappa shape index (κ1) is 23.4. The summed E-state index contributed by atoms with van der Waals surface area (Å²) in [5.41, 5.74) is 1.64. The van der Waals surface area contributed by atoms with E-state index in [2.05, 4.69) is 31.7 Å². The number of fused-ring (bicyclic) bond motifs is 1. The van der Waals surface area contributed by atoms with E-state index < -0.39 is 0 Å². The van der Waals surface area contributed by atoms with E-state index in [-0.39, 0.29) is 5.78 Å². The van der Waals surface area contributed by atoms with E-state index in [0.717, 1.165) is 54.5 Å². The molecule has 4 heterocycles. The zero-order valence-corrected chi connectivity index (χ0v) is 20.1. The molecule has 5 rings (SSSR count). The third-order valence-corrected chi connectivity index (χ3v) is 6.85. The molecule has 2 fully saturated rings. The lowest BCUT2D eigenvalue weighted by atomic mass is 9.86. The average molecular weight is 477 g/mol. The summed E-state index contributed by atoms with van der Waals surface area (Å²) in [5.74, 6) is 3.22. The van der Waals surface area contributed by atoms with Gasteiger partial charge in [0.05, 0.1) is 20.3 Å². The molecule has 35 heavy (non-hydrogen) atoms. The Morgan fingerprint density at radius 1 is 1.06 bits per heavy atom. The van der Waals surface area contributed by atoms with E-state index in [0.29, 0.717) is 55.8 Å². The molecule has 1 aliphatic heterocycles. The smallest absolute Gasteiger partial charge is 0.240 e. The van der Waals surface area contributed by atoms with Crippen LogP contribution < -0.4 is 15.4 Å². The Kier molecular flexibility index (Phi) is 7.32. The number of Topliss-reactive ketones (excluding diaryl/α,β-unsaturated/α-hetero) is 1. The van der Waals surface area contributed by atoms with Gasteiger partial charge in [-0.1, -0.05) is 0 Å². The van der Waals surface area contributed by atoms with Crippen LogP contribution in [-0.4, -0.2) is 58.6 Å². The summed E-state index contributed by atoms with van der Waals surface area (Å²) in [6, 6.07) is 6.41. The van der Waals surface area contributed by atoms with Crippen molar-refractivity contribution >= 4 is 28.5 Å². The van der Waals surface area contributed by atoms with Crippen molar-refractivity contribution in [1.29, 1.82) is 0 Å². The molecule has 3 aromatic heterocycles. The van der Waals surface area contributed by atoms with Crippen molar-refractivity contribution in [3.63, 3.8) is 0 Å². The van der Waals surface area contributed by atoms with Crippen LogP contribution in [0.3, 0.4) is 0 Å². The standard InChI is InChI=1S/C26H32N6O3/c1-34-25-24-20(8-9-27-25)4-7-23(32-24)31-21-5-2-17(3-6-21)12-28-26-29-13-18(14-30-26)10-22(33)11-19-15-35-16-19/h4,7-9,13-14,17,19,21H,2-3,5-6,10-12,15-16H2,1H3,(H,31,32)(H,28,29,30). The number of ether oxygens (including phenoxy) is 2. The zero-order valence-electron chi connectivity index (χ0n) is 20.1. The van der Waals surface area contributed by atoms with E-state index in [1.54, 1.807) is 25.7 Å². The highest BCUT2D eigenvalue weighted by Gasteiger charge is 2.23. The molecule has 0 atom stereocenters. The Bertz CT molecular complexity index is 1140. The van der Waals surface area contributed by atoms with E-state index in [1.165, 1.54) is 0 Å². The first-order valence-corrected chi connectivity index (χ1v) is 12.4. The van der Waals surface area contributed by atoms with E-state index in [9.17, 15) is 4.79 Å². The number of hydrogen-bond donors (Lipinski definition) is 2. The molecule has 9 nitrogen and oxygen atoms in total. The van der Waals surface area contributed by atoms with Crippen LogP contribution in [0.15, 0.2) is 36.8 Å². The average Bonchev–Trinajstić information content (AvgIpc) is 2.86. The summed E-state index contributed by atoms with van der Waals surface area (Å²) in [6.07, 6.45) is 10.6. The molecular formula is C26H32N6O3. The normalized spacial score (nSPS) is 20.3. The van der Waals surface area contributed by atoms with Gasteiger partial charge in [0.15, 0.2) is 0 Å². The number of hydrogen-bond acceptors (Lipinski definition) is 9. The van der Waals surface area contributed by atoms with Gasteiger partial charge in [-0.2, -0.15) is 0 Å². The van der Waals surface area contributed by atoms with Crippen LogP contribution in [0.25, 0.3) is 10.9 Å². The number of ketones is 1. The monoisotopic (exact) mass is 476 g/mol. The fraction of sp³-hybridized carbons (Fsp3) is 0.500. The largest absolute Gasteiger partial charge is 0.479 e. The Morgan fingerprint density at radius 2 is 1.86 bits per heavy atom. The summed E-state index contributed by atoms with van der Waals surface area (Å²) in [6.45, 7) is 2.26. The first-order chi connectivity index (χ1) is 17.2. The molecule has 2 N–H and O–H groups in total. The lowest BCUT2D eigenvalue weighted by molar-refractivity contribution is -0.123. The number of carbonyl (C=O) groups is 1. The summed E-state index contributed by atoms with van der Waals surface area (Å²) >= 11 is 0. The van der Waals surface area contributed by atoms with Gasteiger partial charge in [0, 0.05) is 55.3 Å². The fourth-order valence-corrected chi connectivity index (χ4v) is 4.77. The number of nitrogens with one attached hydrogen (secondary N) is 2. The van der Waals surface area contributed by atoms with Crippen LogP contribution in [-0.2, 0) is 16.0 Å². The number of carbonyl (C=O) groups excluding carboxylic acids is 1. The van der Waals surface area contributed by atoms with E-state index >= 15 is 0 Å². The fourth-order valence-electron chi connectivity index (χ4n) is 4.77. The second-order valence-corrected chi connectivity index (χ2v) is 9.57. The van der Waals surface area contributed by atoms with Crippen molar-refractivity contribution < 1.29 is 14.3 Å².